The van der Waals surface area contributed by atoms with E-state index >= 15 is 0 Å². The first kappa shape index (κ1) is 16.0. The van der Waals surface area contributed by atoms with E-state index in [0.717, 1.165) is 0 Å². The van der Waals surface area contributed by atoms with Crippen LogP contribution < -0.4 is 9.47 Å². The molecule has 0 aliphatic rings. The van der Waals surface area contributed by atoms with E-state index < -0.39 is 6.43 Å². The van der Waals surface area contributed by atoms with Crippen molar-refractivity contribution in [3.05, 3.63) is 29.0 Å². The fourth-order valence-corrected chi connectivity index (χ4v) is 2.54. The van der Waals surface area contributed by atoms with Crippen LogP contribution in [0.2, 0.25) is 0 Å². The van der Waals surface area contributed by atoms with Crippen LogP contribution in [0.1, 0.15) is 43.0 Å². The van der Waals surface area contributed by atoms with Crippen LogP contribution >= 0.6 is 0 Å². The molecule has 22 heavy (non-hydrogen) atoms. The van der Waals surface area contributed by atoms with Crippen LogP contribution in [0.4, 0.5) is 8.78 Å². The molecule has 5 heteroatoms. The third kappa shape index (κ3) is 2.57. The summed E-state index contributed by atoms with van der Waals surface area (Å²) in [5.74, 6) is 3.28. The summed E-state index contributed by atoms with van der Waals surface area (Å²) in [5, 5.41) is 0.699. The average Bonchev–Trinajstić information content (AvgIpc) is 2.50. The van der Waals surface area contributed by atoms with E-state index in [1.807, 2.05) is 13.8 Å². The van der Waals surface area contributed by atoms with Gasteiger partial charge >= 0.3 is 0 Å². The van der Waals surface area contributed by atoms with Gasteiger partial charge in [0.2, 0.25) is 0 Å². The van der Waals surface area contributed by atoms with E-state index in [-0.39, 0.29) is 17.2 Å². The largest absolute Gasteiger partial charge is 0.493 e. The highest BCUT2D eigenvalue weighted by molar-refractivity contribution is 5.88. The van der Waals surface area contributed by atoms with Gasteiger partial charge in [0, 0.05) is 11.5 Å². The highest BCUT2D eigenvalue weighted by Crippen LogP contribution is 2.38. The summed E-state index contributed by atoms with van der Waals surface area (Å²) in [6, 6.07) is 3.32. The van der Waals surface area contributed by atoms with Gasteiger partial charge in [0.25, 0.3) is 6.43 Å². The van der Waals surface area contributed by atoms with Crippen molar-refractivity contribution in [2.45, 2.75) is 26.2 Å². The Kier molecular flexibility index (Phi) is 4.51. The van der Waals surface area contributed by atoms with Gasteiger partial charge in [0.1, 0.15) is 5.69 Å². The molecule has 116 valence electrons. The number of terminal acetylenes is 1. The lowest BCUT2D eigenvalue weighted by Gasteiger charge is -2.18. The second-order valence-corrected chi connectivity index (χ2v) is 5.11. The van der Waals surface area contributed by atoms with E-state index in [4.69, 9.17) is 15.9 Å². The SMILES string of the molecule is C#Cc1c(C(F)F)nc2cc(OC)c(OC)cc2c1C(C)C. The van der Waals surface area contributed by atoms with Crippen molar-refractivity contribution in [1.29, 1.82) is 0 Å². The van der Waals surface area contributed by atoms with Crippen LogP contribution in [0.15, 0.2) is 12.1 Å². The van der Waals surface area contributed by atoms with Crippen LogP contribution in [-0.4, -0.2) is 19.2 Å². The summed E-state index contributed by atoms with van der Waals surface area (Å²) in [6.07, 6.45) is 2.73. The Morgan fingerprint density at radius 1 is 1.14 bits per heavy atom. The zero-order valence-electron chi connectivity index (χ0n) is 12.9. The van der Waals surface area contributed by atoms with Crippen molar-refractivity contribution in [3.63, 3.8) is 0 Å². The zero-order chi connectivity index (χ0) is 16.4. The lowest BCUT2D eigenvalue weighted by Crippen LogP contribution is -2.05. The Hall–Kier alpha value is -2.35. The van der Waals surface area contributed by atoms with Crippen molar-refractivity contribution in [2.75, 3.05) is 14.2 Å². The Bertz CT molecular complexity index is 749. The van der Waals surface area contributed by atoms with Crippen molar-refractivity contribution < 1.29 is 18.3 Å². The maximum atomic E-state index is 13.3. The highest BCUT2D eigenvalue weighted by Gasteiger charge is 2.23. The molecule has 0 atom stereocenters. The number of halogens is 2. The first-order chi connectivity index (χ1) is 10.4. The first-order valence-corrected chi connectivity index (χ1v) is 6.78. The molecule has 0 saturated carbocycles. The smallest absolute Gasteiger partial charge is 0.281 e. The number of hydrogen-bond donors (Lipinski definition) is 0. The number of benzene rings is 1. The molecule has 0 saturated heterocycles. The third-order valence-corrected chi connectivity index (χ3v) is 3.49. The van der Waals surface area contributed by atoms with Crippen molar-refractivity contribution in [2.24, 2.45) is 0 Å². The molecule has 0 amide bonds. The molecule has 0 aliphatic heterocycles. The minimum absolute atomic E-state index is 0.0350. The van der Waals surface area contributed by atoms with Gasteiger partial charge in [0.05, 0.1) is 25.3 Å². The number of nitrogens with zero attached hydrogens (tertiary/aromatic N) is 1. The molecule has 1 aromatic heterocycles. The lowest BCUT2D eigenvalue weighted by molar-refractivity contribution is 0.146. The van der Waals surface area contributed by atoms with Gasteiger partial charge in [-0.15, -0.1) is 6.42 Å². The van der Waals surface area contributed by atoms with Crippen LogP contribution in [0, 0.1) is 12.3 Å². The molecule has 1 heterocycles. The van der Waals surface area contributed by atoms with Gasteiger partial charge in [-0.1, -0.05) is 19.8 Å². The van der Waals surface area contributed by atoms with E-state index in [1.54, 1.807) is 12.1 Å². The van der Waals surface area contributed by atoms with Crippen LogP contribution in [0.25, 0.3) is 10.9 Å². The number of fused-ring (bicyclic) bond motifs is 1. The Morgan fingerprint density at radius 2 is 1.73 bits per heavy atom. The molecule has 0 bridgehead atoms. The van der Waals surface area contributed by atoms with Crippen molar-refractivity contribution in [1.82, 2.24) is 4.98 Å². The molecular formula is C17H17F2NO2. The zero-order valence-corrected chi connectivity index (χ0v) is 12.9. The lowest BCUT2D eigenvalue weighted by atomic mass is 9.92. The molecule has 0 aliphatic carbocycles. The predicted octanol–water partition coefficient (Wildman–Crippen LogP) is 4.29. The van der Waals surface area contributed by atoms with Gasteiger partial charge in [-0.2, -0.15) is 0 Å². The standard InChI is InChI=1S/C17H17F2NO2/c1-6-10-15(9(2)3)11-7-13(21-4)14(22-5)8-12(11)20-16(10)17(18)19/h1,7-9,17H,2-5H3. The van der Waals surface area contributed by atoms with Crippen LogP contribution in [0.3, 0.4) is 0 Å². The quantitative estimate of drug-likeness (QED) is 0.789. The van der Waals surface area contributed by atoms with Crippen LogP contribution in [-0.2, 0) is 0 Å². The second-order valence-electron chi connectivity index (χ2n) is 5.11. The van der Waals surface area contributed by atoms with Gasteiger partial charge in [0.15, 0.2) is 11.5 Å². The number of methoxy groups -OCH3 is 2. The summed E-state index contributed by atoms with van der Waals surface area (Å²) in [5.41, 5.74) is 0.870. The third-order valence-electron chi connectivity index (χ3n) is 3.49. The molecule has 3 nitrogen and oxygen atoms in total. The second kappa shape index (κ2) is 6.18. The Labute approximate surface area is 128 Å². The minimum Gasteiger partial charge on any atom is -0.493 e. The maximum absolute atomic E-state index is 13.3. The fourth-order valence-electron chi connectivity index (χ4n) is 2.54. The molecule has 0 spiro atoms. The summed E-state index contributed by atoms with van der Waals surface area (Å²) in [6.45, 7) is 3.81. The Balaban J connectivity index is 2.96. The first-order valence-electron chi connectivity index (χ1n) is 6.78. The van der Waals surface area contributed by atoms with Gasteiger partial charge < -0.3 is 9.47 Å². The Morgan fingerprint density at radius 3 is 2.18 bits per heavy atom. The molecule has 2 rings (SSSR count). The topological polar surface area (TPSA) is 31.4 Å². The number of aromatic nitrogens is 1. The molecular weight excluding hydrogens is 288 g/mol. The van der Waals surface area contributed by atoms with E-state index in [9.17, 15) is 8.78 Å². The van der Waals surface area contributed by atoms with Crippen LogP contribution in [0.5, 0.6) is 11.5 Å². The van der Waals surface area contributed by atoms with E-state index in [2.05, 4.69) is 10.9 Å². The van der Waals surface area contributed by atoms with Gasteiger partial charge in [-0.3, -0.25) is 0 Å². The molecule has 0 N–H and O–H groups in total. The number of pyridine rings is 1. The number of ether oxygens (including phenoxy) is 2. The number of rotatable bonds is 4. The summed E-state index contributed by atoms with van der Waals surface area (Å²) in [7, 11) is 3.00. The van der Waals surface area contributed by atoms with Gasteiger partial charge in [-0.05, 0) is 17.5 Å². The van der Waals surface area contributed by atoms with E-state index in [1.165, 1.54) is 14.2 Å². The monoisotopic (exact) mass is 305 g/mol. The molecule has 0 unspecified atom stereocenters. The average molecular weight is 305 g/mol. The normalized spacial score (nSPS) is 11.0. The predicted molar refractivity (Wildman–Crippen MR) is 81.8 cm³/mol. The van der Waals surface area contributed by atoms with Crippen molar-refractivity contribution in [3.8, 4) is 23.8 Å². The maximum Gasteiger partial charge on any atom is 0.281 e. The molecule has 1 aromatic carbocycles. The molecule has 2 aromatic rings. The number of hydrogen-bond acceptors (Lipinski definition) is 3. The van der Waals surface area contributed by atoms with Gasteiger partial charge in [-0.25, -0.2) is 13.8 Å². The number of alkyl halides is 2. The summed E-state index contributed by atoms with van der Waals surface area (Å²) >= 11 is 0. The van der Waals surface area contributed by atoms with Crippen molar-refractivity contribution >= 4 is 10.9 Å². The summed E-state index contributed by atoms with van der Waals surface area (Å²) in [4.78, 5) is 4.04. The van der Waals surface area contributed by atoms with E-state index in [0.29, 0.717) is 28.0 Å². The fraction of sp³-hybridized carbons (Fsp3) is 0.353. The molecule has 0 fully saturated rings. The minimum atomic E-state index is -2.74. The summed E-state index contributed by atoms with van der Waals surface area (Å²) < 4.78 is 37.1. The molecule has 0 radical (unpaired) electrons. The highest BCUT2D eigenvalue weighted by atomic mass is 19.3.